The molecule has 0 aliphatic rings. The van der Waals surface area contributed by atoms with E-state index in [-0.39, 0.29) is 12.4 Å². The minimum absolute atomic E-state index is 0.273. The summed E-state index contributed by atoms with van der Waals surface area (Å²) < 4.78 is 18.4. The lowest BCUT2D eigenvalue weighted by Crippen LogP contribution is -2.15. The third-order valence-electron chi connectivity index (χ3n) is 4.10. The second-order valence-corrected chi connectivity index (χ2v) is 8.17. The van der Waals surface area contributed by atoms with Crippen LogP contribution in [-0.2, 0) is 15.5 Å². The molecule has 0 saturated heterocycles. The van der Waals surface area contributed by atoms with Gasteiger partial charge in [-0.3, -0.25) is 13.6 Å². The highest BCUT2D eigenvalue weighted by Crippen LogP contribution is 2.22. The zero-order valence-electron chi connectivity index (χ0n) is 15.1. The van der Waals surface area contributed by atoms with Gasteiger partial charge in [0.1, 0.15) is 0 Å². The van der Waals surface area contributed by atoms with E-state index in [4.69, 9.17) is 4.74 Å². The van der Waals surface area contributed by atoms with Crippen LogP contribution in [0, 0.1) is 13.8 Å². The first-order valence-corrected chi connectivity index (χ1v) is 10.5. The van der Waals surface area contributed by atoms with E-state index in [9.17, 15) is 13.8 Å². The average molecular weight is 402 g/mol. The molecule has 0 bridgehead atoms. The number of esters is 1. The molecule has 3 aromatic rings. The summed E-state index contributed by atoms with van der Waals surface area (Å²) in [5.74, 6) is -0.865. The first-order valence-electron chi connectivity index (χ1n) is 8.11. The number of carbonyl (C=O) groups excluding carboxylic acids is 2. The van der Waals surface area contributed by atoms with Crippen LogP contribution < -0.4 is 0 Å². The lowest BCUT2D eigenvalue weighted by molar-refractivity contribution is 0.0474. The maximum atomic E-state index is 12.5. The Morgan fingerprint density at radius 3 is 2.52 bits per heavy atom. The molecule has 0 aliphatic carbocycles. The summed E-state index contributed by atoms with van der Waals surface area (Å²) in [4.78, 5) is 29.6. The van der Waals surface area contributed by atoms with Gasteiger partial charge in [-0.2, -0.15) is 0 Å². The van der Waals surface area contributed by atoms with Gasteiger partial charge >= 0.3 is 5.97 Å². The Morgan fingerprint density at radius 2 is 1.93 bits per heavy atom. The van der Waals surface area contributed by atoms with E-state index in [1.54, 1.807) is 30.7 Å². The van der Waals surface area contributed by atoms with Crippen LogP contribution in [0.15, 0.2) is 46.8 Å². The number of benzene rings is 1. The molecule has 2 aromatic heterocycles. The quantitative estimate of drug-likeness (QED) is 0.467. The van der Waals surface area contributed by atoms with Gasteiger partial charge in [0.25, 0.3) is 0 Å². The fourth-order valence-corrected chi connectivity index (χ4v) is 4.01. The molecule has 3 rings (SSSR count). The predicted molar refractivity (Wildman–Crippen MR) is 104 cm³/mol. The minimum atomic E-state index is -1.11. The predicted octanol–water partition coefficient (Wildman–Crippen LogP) is 3.33. The Hall–Kier alpha value is -2.58. The highest BCUT2D eigenvalue weighted by molar-refractivity contribution is 7.84. The standard InChI is InChI=1S/C19H18N2O4S2/c1-12-10-16(13(2)21(12)19-20-8-9-26-19)17(22)11-25-18(23)14-4-6-15(7-5-14)27(3)24/h4-10H,11H2,1-3H3. The molecular formula is C19H18N2O4S2. The van der Waals surface area contributed by atoms with E-state index in [0.29, 0.717) is 16.0 Å². The first-order chi connectivity index (χ1) is 12.9. The second-order valence-electron chi connectivity index (χ2n) is 5.91. The Labute approximate surface area is 163 Å². The van der Waals surface area contributed by atoms with E-state index >= 15 is 0 Å². The number of rotatable bonds is 6. The normalized spacial score (nSPS) is 12.0. The fourth-order valence-electron chi connectivity index (χ4n) is 2.74. The Bertz CT molecular complexity index is 1010. The molecule has 8 heteroatoms. The Morgan fingerprint density at radius 1 is 1.22 bits per heavy atom. The van der Waals surface area contributed by atoms with Crippen molar-refractivity contribution in [1.29, 1.82) is 0 Å². The Kier molecular flexibility index (Phi) is 5.67. The minimum Gasteiger partial charge on any atom is -0.454 e. The van der Waals surface area contributed by atoms with E-state index < -0.39 is 16.8 Å². The average Bonchev–Trinajstić information content (AvgIpc) is 3.27. The maximum Gasteiger partial charge on any atom is 0.338 e. The van der Waals surface area contributed by atoms with Crippen molar-refractivity contribution in [1.82, 2.24) is 9.55 Å². The molecule has 1 aromatic carbocycles. The molecule has 27 heavy (non-hydrogen) atoms. The maximum absolute atomic E-state index is 12.5. The summed E-state index contributed by atoms with van der Waals surface area (Å²) in [7, 11) is -1.11. The number of Topliss-reactive ketones (excluding diaryl/α,β-unsaturated/α-hetero) is 1. The number of carbonyl (C=O) groups is 2. The van der Waals surface area contributed by atoms with Crippen molar-refractivity contribution in [3.63, 3.8) is 0 Å². The molecule has 0 amide bonds. The number of hydrogen-bond acceptors (Lipinski definition) is 6. The zero-order chi connectivity index (χ0) is 19.6. The van der Waals surface area contributed by atoms with Crippen molar-refractivity contribution in [3.8, 4) is 5.13 Å². The van der Waals surface area contributed by atoms with Gasteiger partial charge in [-0.15, -0.1) is 11.3 Å². The van der Waals surface area contributed by atoms with Gasteiger partial charge in [0.15, 0.2) is 11.7 Å². The molecule has 140 valence electrons. The molecule has 0 N–H and O–H groups in total. The molecule has 0 aliphatic heterocycles. The number of aromatic nitrogens is 2. The SMILES string of the molecule is Cc1cc(C(=O)COC(=O)c2ccc(S(C)=O)cc2)c(C)n1-c1nccs1. The molecule has 2 heterocycles. The van der Waals surface area contributed by atoms with Gasteiger partial charge in [-0.1, -0.05) is 0 Å². The second kappa shape index (κ2) is 7.98. The number of ether oxygens (including phenoxy) is 1. The van der Waals surface area contributed by atoms with E-state index in [0.717, 1.165) is 16.5 Å². The lowest BCUT2D eigenvalue weighted by Gasteiger charge is -2.07. The van der Waals surface area contributed by atoms with Crippen LogP contribution in [0.5, 0.6) is 0 Å². The highest BCUT2D eigenvalue weighted by Gasteiger charge is 2.19. The fraction of sp³-hybridized carbons (Fsp3) is 0.211. The third-order valence-corrected chi connectivity index (χ3v) is 5.79. The summed E-state index contributed by atoms with van der Waals surface area (Å²) in [6, 6.07) is 8.07. The van der Waals surface area contributed by atoms with E-state index in [1.807, 2.05) is 23.8 Å². The highest BCUT2D eigenvalue weighted by atomic mass is 32.2. The van der Waals surface area contributed by atoms with Crippen molar-refractivity contribution in [2.45, 2.75) is 18.7 Å². The summed E-state index contributed by atoms with van der Waals surface area (Å²) in [6.07, 6.45) is 3.27. The van der Waals surface area contributed by atoms with Crippen molar-refractivity contribution in [2.24, 2.45) is 0 Å². The lowest BCUT2D eigenvalue weighted by atomic mass is 10.1. The van der Waals surface area contributed by atoms with E-state index in [1.165, 1.54) is 23.5 Å². The van der Waals surface area contributed by atoms with Crippen molar-refractivity contribution >= 4 is 33.9 Å². The number of nitrogens with zero attached hydrogens (tertiary/aromatic N) is 2. The van der Waals surface area contributed by atoms with Crippen molar-refractivity contribution in [2.75, 3.05) is 12.9 Å². The monoisotopic (exact) mass is 402 g/mol. The molecule has 6 nitrogen and oxygen atoms in total. The number of ketones is 1. The molecule has 0 saturated carbocycles. The van der Waals surface area contributed by atoms with Crippen LogP contribution in [0.25, 0.3) is 5.13 Å². The molecule has 1 unspecified atom stereocenters. The van der Waals surface area contributed by atoms with Crippen LogP contribution in [0.1, 0.15) is 32.1 Å². The van der Waals surface area contributed by atoms with Gasteiger partial charge in [0.05, 0.1) is 5.56 Å². The topological polar surface area (TPSA) is 78.3 Å². The molecule has 0 spiro atoms. The van der Waals surface area contributed by atoms with Crippen molar-refractivity contribution < 1.29 is 18.5 Å². The zero-order valence-corrected chi connectivity index (χ0v) is 16.7. The molecule has 0 fully saturated rings. The van der Waals surface area contributed by atoms with E-state index in [2.05, 4.69) is 4.98 Å². The summed E-state index contributed by atoms with van der Waals surface area (Å²) >= 11 is 1.48. The van der Waals surface area contributed by atoms with Gasteiger partial charge in [0, 0.05) is 50.5 Å². The number of hydrogen-bond donors (Lipinski definition) is 0. The van der Waals surface area contributed by atoms with Crippen LogP contribution >= 0.6 is 11.3 Å². The number of thiazole rings is 1. The van der Waals surface area contributed by atoms with Crippen LogP contribution in [-0.4, -0.2) is 38.4 Å². The first kappa shape index (κ1) is 19.2. The number of aryl methyl sites for hydroxylation is 1. The van der Waals surface area contributed by atoms with Gasteiger partial charge in [-0.25, -0.2) is 9.78 Å². The van der Waals surface area contributed by atoms with Gasteiger partial charge in [0.2, 0.25) is 5.78 Å². The Balaban J connectivity index is 1.70. The molecule has 1 atom stereocenters. The summed E-state index contributed by atoms with van der Waals surface area (Å²) in [5.41, 5.74) is 2.47. The molecular weight excluding hydrogens is 384 g/mol. The van der Waals surface area contributed by atoms with Crippen molar-refractivity contribution in [3.05, 3.63) is 64.4 Å². The molecule has 0 radical (unpaired) electrons. The third kappa shape index (κ3) is 4.06. The van der Waals surface area contributed by atoms with Crippen LogP contribution in [0.4, 0.5) is 0 Å². The largest absolute Gasteiger partial charge is 0.454 e. The van der Waals surface area contributed by atoms with Gasteiger partial charge < -0.3 is 4.74 Å². The summed E-state index contributed by atoms with van der Waals surface area (Å²) in [5, 5.41) is 2.66. The smallest absolute Gasteiger partial charge is 0.338 e. The van der Waals surface area contributed by atoms with Crippen LogP contribution in [0.2, 0.25) is 0 Å². The van der Waals surface area contributed by atoms with Gasteiger partial charge in [-0.05, 0) is 44.2 Å². The van der Waals surface area contributed by atoms with Crippen LogP contribution in [0.3, 0.4) is 0 Å². The summed E-state index contributed by atoms with van der Waals surface area (Å²) in [6.45, 7) is 3.39.